The molecule has 1 saturated heterocycles. The van der Waals surface area contributed by atoms with Gasteiger partial charge >= 0.3 is 0 Å². The first kappa shape index (κ1) is 16.4. The fourth-order valence-electron chi connectivity index (χ4n) is 3.06. The van der Waals surface area contributed by atoms with Crippen LogP contribution in [0.25, 0.3) is 11.1 Å². The van der Waals surface area contributed by atoms with Crippen LogP contribution in [0.1, 0.15) is 19.2 Å². The lowest BCUT2D eigenvalue weighted by Gasteiger charge is -2.34. The zero-order valence-corrected chi connectivity index (χ0v) is 14.0. The van der Waals surface area contributed by atoms with E-state index in [1.165, 1.54) is 0 Å². The maximum absolute atomic E-state index is 5.78. The van der Waals surface area contributed by atoms with E-state index in [9.17, 15) is 0 Å². The third-order valence-corrected chi connectivity index (χ3v) is 4.42. The first-order valence-corrected chi connectivity index (χ1v) is 8.72. The summed E-state index contributed by atoms with van der Waals surface area (Å²) >= 11 is 0. The van der Waals surface area contributed by atoms with Crippen molar-refractivity contribution < 1.29 is 9.15 Å². The lowest BCUT2D eigenvalue weighted by Crippen LogP contribution is -2.47. The minimum Gasteiger partial charge on any atom is -0.441 e. The Balaban J connectivity index is 1.35. The zero-order chi connectivity index (χ0) is 15.9. The van der Waals surface area contributed by atoms with Crippen LogP contribution in [0.5, 0.6) is 0 Å². The molecule has 1 aliphatic heterocycles. The van der Waals surface area contributed by atoms with Crippen molar-refractivity contribution in [3.8, 4) is 0 Å². The van der Waals surface area contributed by atoms with Crippen molar-refractivity contribution in [1.82, 2.24) is 14.8 Å². The summed E-state index contributed by atoms with van der Waals surface area (Å²) in [7, 11) is 0. The van der Waals surface area contributed by atoms with Gasteiger partial charge in [-0.2, -0.15) is 0 Å². The van der Waals surface area contributed by atoms with Crippen molar-refractivity contribution in [3.05, 3.63) is 30.2 Å². The predicted octanol–water partition coefficient (Wildman–Crippen LogP) is 2.41. The molecular formula is C18H27N3O2. The van der Waals surface area contributed by atoms with Crippen molar-refractivity contribution in [1.29, 1.82) is 0 Å². The van der Waals surface area contributed by atoms with Gasteiger partial charge < -0.3 is 14.1 Å². The van der Waals surface area contributed by atoms with Gasteiger partial charge in [0.15, 0.2) is 11.5 Å². The minimum absolute atomic E-state index is 0.815. The lowest BCUT2D eigenvalue weighted by atomic mass is 10.2. The Labute approximate surface area is 138 Å². The highest BCUT2D eigenvalue weighted by Crippen LogP contribution is 2.15. The highest BCUT2D eigenvalue weighted by molar-refractivity contribution is 5.72. The molecule has 0 aliphatic carbocycles. The van der Waals surface area contributed by atoms with Gasteiger partial charge in [0.2, 0.25) is 0 Å². The van der Waals surface area contributed by atoms with Crippen molar-refractivity contribution >= 4 is 11.1 Å². The average Bonchev–Trinajstić information content (AvgIpc) is 2.99. The van der Waals surface area contributed by atoms with E-state index >= 15 is 0 Å². The number of piperazine rings is 1. The molecule has 0 unspecified atom stereocenters. The number of rotatable bonds is 8. The summed E-state index contributed by atoms with van der Waals surface area (Å²) in [4.78, 5) is 9.58. The summed E-state index contributed by atoms with van der Waals surface area (Å²) in [5.74, 6) is 0.863. The Hall–Kier alpha value is -1.43. The van der Waals surface area contributed by atoms with Crippen LogP contribution in [-0.4, -0.2) is 67.3 Å². The van der Waals surface area contributed by atoms with Gasteiger partial charge in [-0.3, -0.25) is 4.90 Å². The summed E-state index contributed by atoms with van der Waals surface area (Å²) in [6, 6.07) is 7.97. The van der Waals surface area contributed by atoms with Crippen molar-refractivity contribution in [2.45, 2.75) is 19.8 Å². The third kappa shape index (κ3) is 4.77. The second-order valence-electron chi connectivity index (χ2n) is 6.06. The molecular weight excluding hydrogens is 290 g/mol. The van der Waals surface area contributed by atoms with Crippen LogP contribution in [0.2, 0.25) is 0 Å². The van der Waals surface area contributed by atoms with Gasteiger partial charge in [0.1, 0.15) is 5.52 Å². The van der Waals surface area contributed by atoms with Crippen LogP contribution in [0.15, 0.2) is 28.7 Å². The van der Waals surface area contributed by atoms with E-state index in [0.717, 1.165) is 82.3 Å². The maximum atomic E-state index is 5.78. The fourth-order valence-corrected chi connectivity index (χ4v) is 3.06. The molecule has 1 aliphatic rings. The number of para-hydroxylation sites is 2. The fraction of sp³-hybridized carbons (Fsp3) is 0.611. The van der Waals surface area contributed by atoms with Crippen LogP contribution in [0.4, 0.5) is 0 Å². The van der Waals surface area contributed by atoms with Gasteiger partial charge in [0.25, 0.3) is 0 Å². The molecule has 23 heavy (non-hydrogen) atoms. The highest BCUT2D eigenvalue weighted by Gasteiger charge is 2.16. The molecule has 2 heterocycles. The van der Waals surface area contributed by atoms with E-state index in [-0.39, 0.29) is 0 Å². The molecule has 1 fully saturated rings. The molecule has 5 heteroatoms. The van der Waals surface area contributed by atoms with E-state index < -0.39 is 0 Å². The van der Waals surface area contributed by atoms with Crippen LogP contribution >= 0.6 is 0 Å². The molecule has 0 bridgehead atoms. The number of nitrogens with zero attached hydrogens (tertiary/aromatic N) is 3. The van der Waals surface area contributed by atoms with Gasteiger partial charge in [0, 0.05) is 45.8 Å². The topological polar surface area (TPSA) is 41.7 Å². The van der Waals surface area contributed by atoms with Crippen LogP contribution in [-0.2, 0) is 11.2 Å². The molecule has 1 aromatic carbocycles. The zero-order valence-electron chi connectivity index (χ0n) is 14.0. The Kier molecular flexibility index (Phi) is 6.02. The number of oxazole rings is 1. The number of aryl methyl sites for hydroxylation is 1. The number of benzene rings is 1. The standard InChI is InChI=1S/C18H27N3O2/c1-2-22-15-14-21-12-10-20(11-13-21)9-5-8-18-19-16-6-3-4-7-17(16)23-18/h3-4,6-7H,2,5,8-15H2,1H3. The molecule has 126 valence electrons. The lowest BCUT2D eigenvalue weighted by molar-refractivity contribution is 0.0804. The SMILES string of the molecule is CCOCCN1CCN(CCCc2nc3ccccc3o2)CC1. The van der Waals surface area contributed by atoms with Gasteiger partial charge in [-0.05, 0) is 32.0 Å². The largest absolute Gasteiger partial charge is 0.441 e. The number of hydrogen-bond donors (Lipinski definition) is 0. The number of aromatic nitrogens is 1. The summed E-state index contributed by atoms with van der Waals surface area (Å²) in [6.07, 6.45) is 2.02. The Bertz CT molecular complexity index is 558. The molecule has 2 aromatic rings. The number of fused-ring (bicyclic) bond motifs is 1. The van der Waals surface area contributed by atoms with E-state index in [2.05, 4.69) is 21.7 Å². The summed E-state index contributed by atoms with van der Waals surface area (Å²) < 4.78 is 11.2. The number of ether oxygens (including phenoxy) is 1. The Morgan fingerprint density at radius 3 is 2.57 bits per heavy atom. The highest BCUT2D eigenvalue weighted by atomic mass is 16.5. The molecule has 3 rings (SSSR count). The predicted molar refractivity (Wildman–Crippen MR) is 91.7 cm³/mol. The van der Waals surface area contributed by atoms with Crippen molar-refractivity contribution in [2.75, 3.05) is 52.5 Å². The first-order chi connectivity index (χ1) is 11.3. The maximum Gasteiger partial charge on any atom is 0.195 e. The molecule has 5 nitrogen and oxygen atoms in total. The average molecular weight is 317 g/mol. The van der Waals surface area contributed by atoms with Gasteiger partial charge in [-0.25, -0.2) is 4.98 Å². The van der Waals surface area contributed by atoms with Crippen molar-refractivity contribution in [3.63, 3.8) is 0 Å². The normalized spacial score (nSPS) is 17.1. The second-order valence-corrected chi connectivity index (χ2v) is 6.06. The quantitative estimate of drug-likeness (QED) is 0.700. The number of hydrogen-bond acceptors (Lipinski definition) is 5. The third-order valence-electron chi connectivity index (χ3n) is 4.42. The Morgan fingerprint density at radius 2 is 1.83 bits per heavy atom. The molecule has 0 N–H and O–H groups in total. The van der Waals surface area contributed by atoms with Crippen LogP contribution in [0.3, 0.4) is 0 Å². The summed E-state index contributed by atoms with van der Waals surface area (Å²) in [5, 5.41) is 0. The van der Waals surface area contributed by atoms with E-state index in [1.54, 1.807) is 0 Å². The van der Waals surface area contributed by atoms with E-state index in [0.29, 0.717) is 0 Å². The second kappa shape index (κ2) is 8.43. The molecule has 0 radical (unpaired) electrons. The van der Waals surface area contributed by atoms with Crippen LogP contribution < -0.4 is 0 Å². The van der Waals surface area contributed by atoms with Crippen LogP contribution in [0, 0.1) is 0 Å². The molecule has 1 aromatic heterocycles. The molecule has 0 saturated carbocycles. The van der Waals surface area contributed by atoms with Gasteiger partial charge in [-0.1, -0.05) is 12.1 Å². The smallest absolute Gasteiger partial charge is 0.195 e. The first-order valence-electron chi connectivity index (χ1n) is 8.72. The molecule has 0 atom stereocenters. The Morgan fingerprint density at radius 1 is 1.09 bits per heavy atom. The van der Waals surface area contributed by atoms with Crippen molar-refractivity contribution in [2.24, 2.45) is 0 Å². The van der Waals surface area contributed by atoms with E-state index in [4.69, 9.17) is 9.15 Å². The minimum atomic E-state index is 0.815. The van der Waals surface area contributed by atoms with Gasteiger partial charge in [-0.15, -0.1) is 0 Å². The summed E-state index contributed by atoms with van der Waals surface area (Å²) in [5.41, 5.74) is 1.86. The van der Waals surface area contributed by atoms with E-state index in [1.807, 2.05) is 24.3 Å². The molecule has 0 amide bonds. The molecule has 0 spiro atoms. The monoisotopic (exact) mass is 317 g/mol. The summed E-state index contributed by atoms with van der Waals surface area (Å²) in [6.45, 7) is 10.5. The van der Waals surface area contributed by atoms with Gasteiger partial charge in [0.05, 0.1) is 6.61 Å².